The van der Waals surface area contributed by atoms with Crippen molar-refractivity contribution in [2.45, 2.75) is 6.18 Å². The molecule has 1 amide bonds. The van der Waals surface area contributed by atoms with Crippen LogP contribution in [0.15, 0.2) is 36.4 Å². The van der Waals surface area contributed by atoms with Gasteiger partial charge < -0.3 is 24.3 Å². The fourth-order valence-corrected chi connectivity index (χ4v) is 2.44. The van der Waals surface area contributed by atoms with Gasteiger partial charge in [0.1, 0.15) is 0 Å². The zero-order chi connectivity index (χ0) is 21.6. The molecule has 2 aromatic rings. The first-order valence-corrected chi connectivity index (χ1v) is 8.14. The van der Waals surface area contributed by atoms with Gasteiger partial charge in [0.05, 0.1) is 38.1 Å². The third-order valence-electron chi connectivity index (χ3n) is 3.74. The molecule has 7 nitrogen and oxygen atoms in total. The van der Waals surface area contributed by atoms with Crippen LogP contribution in [0, 0.1) is 0 Å². The summed E-state index contributed by atoms with van der Waals surface area (Å²) < 4.78 is 59.2. The molecule has 0 aromatic heterocycles. The summed E-state index contributed by atoms with van der Waals surface area (Å²) in [5.41, 5.74) is -1.44. The number of anilines is 1. The average molecular weight is 413 g/mol. The van der Waals surface area contributed by atoms with Crippen LogP contribution >= 0.6 is 0 Å². The number of hydrogen-bond donors (Lipinski definition) is 1. The fraction of sp³-hybridized carbons (Fsp3) is 0.263. The smallest absolute Gasteiger partial charge is 0.418 e. The Morgan fingerprint density at radius 1 is 0.966 bits per heavy atom. The van der Waals surface area contributed by atoms with Crippen LogP contribution in [-0.2, 0) is 15.7 Å². The molecule has 0 unspecified atom stereocenters. The second kappa shape index (κ2) is 9.18. The predicted octanol–water partition coefficient (Wildman–Crippen LogP) is 3.53. The number of rotatable bonds is 7. The molecule has 0 fully saturated rings. The van der Waals surface area contributed by atoms with E-state index in [-0.39, 0.29) is 22.8 Å². The normalized spacial score (nSPS) is 10.8. The van der Waals surface area contributed by atoms with Crippen molar-refractivity contribution in [1.82, 2.24) is 0 Å². The Morgan fingerprint density at radius 2 is 1.55 bits per heavy atom. The number of carbonyl (C=O) groups excluding carboxylic acids is 2. The molecule has 0 aliphatic heterocycles. The lowest BCUT2D eigenvalue weighted by Gasteiger charge is -2.14. The van der Waals surface area contributed by atoms with Crippen LogP contribution in [0.1, 0.15) is 15.9 Å². The molecule has 0 heterocycles. The number of hydrogen-bond acceptors (Lipinski definition) is 6. The zero-order valence-corrected chi connectivity index (χ0v) is 15.8. The fourth-order valence-electron chi connectivity index (χ4n) is 2.44. The molecule has 0 aliphatic rings. The monoisotopic (exact) mass is 413 g/mol. The van der Waals surface area contributed by atoms with E-state index in [1.165, 1.54) is 45.6 Å². The lowest BCUT2D eigenvalue weighted by molar-refractivity contribution is -0.137. The highest BCUT2D eigenvalue weighted by Crippen LogP contribution is 2.38. The lowest BCUT2D eigenvalue weighted by Crippen LogP contribution is -2.22. The summed E-state index contributed by atoms with van der Waals surface area (Å²) in [4.78, 5) is 24.2. The van der Waals surface area contributed by atoms with Crippen LogP contribution < -0.4 is 19.5 Å². The molecular formula is C19H18F3NO6. The SMILES string of the molecule is COc1cc(C(=O)OCC(=O)Nc2ccccc2C(F)(F)F)cc(OC)c1OC. The number of para-hydroxylation sites is 1. The van der Waals surface area contributed by atoms with Crippen molar-refractivity contribution >= 4 is 17.6 Å². The maximum absolute atomic E-state index is 13.0. The first-order valence-electron chi connectivity index (χ1n) is 8.14. The van der Waals surface area contributed by atoms with Crippen molar-refractivity contribution in [3.63, 3.8) is 0 Å². The lowest BCUT2D eigenvalue weighted by atomic mass is 10.1. The molecule has 156 valence electrons. The van der Waals surface area contributed by atoms with Crippen molar-refractivity contribution < 1.29 is 41.7 Å². The number of amides is 1. The second-order valence-electron chi connectivity index (χ2n) is 5.58. The van der Waals surface area contributed by atoms with E-state index in [2.05, 4.69) is 5.32 Å². The molecule has 0 aliphatic carbocycles. The highest BCUT2D eigenvalue weighted by atomic mass is 19.4. The number of methoxy groups -OCH3 is 3. The highest BCUT2D eigenvalue weighted by Gasteiger charge is 2.33. The number of esters is 1. The summed E-state index contributed by atoms with van der Waals surface area (Å²) in [6.07, 6.45) is -4.64. The van der Waals surface area contributed by atoms with Gasteiger partial charge in [-0.15, -0.1) is 0 Å². The van der Waals surface area contributed by atoms with E-state index in [4.69, 9.17) is 18.9 Å². The maximum atomic E-state index is 13.0. The van der Waals surface area contributed by atoms with Gasteiger partial charge in [-0.2, -0.15) is 13.2 Å². The standard InChI is InChI=1S/C19H18F3NO6/c1-26-14-8-11(9-15(27-2)17(14)28-3)18(25)29-10-16(24)23-13-7-5-4-6-12(13)19(20,21)22/h4-9H,10H2,1-3H3,(H,23,24). The highest BCUT2D eigenvalue weighted by molar-refractivity contribution is 5.96. The quantitative estimate of drug-likeness (QED) is 0.700. The first-order chi connectivity index (χ1) is 13.7. The Balaban J connectivity index is 2.09. The van der Waals surface area contributed by atoms with Crippen LogP contribution in [0.3, 0.4) is 0 Å². The van der Waals surface area contributed by atoms with Gasteiger partial charge in [0, 0.05) is 0 Å². The summed E-state index contributed by atoms with van der Waals surface area (Å²) in [7, 11) is 4.11. The molecule has 0 saturated carbocycles. The van der Waals surface area contributed by atoms with E-state index in [0.717, 1.165) is 12.1 Å². The summed E-state index contributed by atoms with van der Waals surface area (Å²) in [6.45, 7) is -0.790. The molecular weight excluding hydrogens is 395 g/mol. The number of halogens is 3. The van der Waals surface area contributed by atoms with Gasteiger partial charge in [0.2, 0.25) is 5.75 Å². The summed E-state index contributed by atoms with van der Waals surface area (Å²) in [6, 6.07) is 7.11. The third kappa shape index (κ3) is 5.31. The Labute approximate surface area is 164 Å². The molecule has 10 heteroatoms. The molecule has 0 spiro atoms. The maximum Gasteiger partial charge on any atom is 0.418 e. The van der Waals surface area contributed by atoms with Gasteiger partial charge in [0.15, 0.2) is 18.1 Å². The Kier molecular flexibility index (Phi) is 6.92. The Morgan fingerprint density at radius 3 is 2.07 bits per heavy atom. The molecule has 1 N–H and O–H groups in total. The summed E-state index contributed by atoms with van der Waals surface area (Å²) >= 11 is 0. The van der Waals surface area contributed by atoms with E-state index in [0.29, 0.717) is 0 Å². The predicted molar refractivity (Wildman–Crippen MR) is 96.5 cm³/mol. The third-order valence-corrected chi connectivity index (χ3v) is 3.74. The molecule has 0 atom stereocenters. The largest absolute Gasteiger partial charge is 0.493 e. The van der Waals surface area contributed by atoms with Crippen molar-refractivity contribution in [3.8, 4) is 17.2 Å². The van der Waals surface area contributed by atoms with E-state index in [9.17, 15) is 22.8 Å². The van der Waals surface area contributed by atoms with Gasteiger partial charge >= 0.3 is 12.1 Å². The molecule has 0 bridgehead atoms. The van der Waals surface area contributed by atoms with Crippen LogP contribution in [0.2, 0.25) is 0 Å². The molecule has 0 radical (unpaired) electrons. The van der Waals surface area contributed by atoms with E-state index in [1.807, 2.05) is 0 Å². The minimum Gasteiger partial charge on any atom is -0.493 e. The van der Waals surface area contributed by atoms with Crippen molar-refractivity contribution in [1.29, 1.82) is 0 Å². The number of ether oxygens (including phenoxy) is 4. The Bertz CT molecular complexity index is 873. The summed E-state index contributed by atoms with van der Waals surface area (Å²) in [5, 5.41) is 2.08. The molecule has 2 aromatic carbocycles. The summed E-state index contributed by atoms with van der Waals surface area (Å²) in [5.74, 6) is -1.18. The second-order valence-corrected chi connectivity index (χ2v) is 5.58. The van der Waals surface area contributed by atoms with Crippen LogP contribution in [0.4, 0.5) is 18.9 Å². The minimum absolute atomic E-state index is 0.00277. The van der Waals surface area contributed by atoms with Gasteiger partial charge in [0.25, 0.3) is 5.91 Å². The van der Waals surface area contributed by atoms with Crippen molar-refractivity contribution in [2.24, 2.45) is 0 Å². The molecule has 2 rings (SSSR count). The topological polar surface area (TPSA) is 83.1 Å². The van der Waals surface area contributed by atoms with Crippen molar-refractivity contribution in [2.75, 3.05) is 33.3 Å². The number of benzene rings is 2. The van der Waals surface area contributed by atoms with Crippen LogP contribution in [0.25, 0.3) is 0 Å². The number of carbonyl (C=O) groups is 2. The van der Waals surface area contributed by atoms with Crippen LogP contribution in [0.5, 0.6) is 17.2 Å². The zero-order valence-electron chi connectivity index (χ0n) is 15.8. The first kappa shape index (κ1) is 21.9. The number of nitrogens with one attached hydrogen (secondary N) is 1. The Hall–Kier alpha value is -3.43. The van der Waals surface area contributed by atoms with E-state index >= 15 is 0 Å². The minimum atomic E-state index is -4.64. The average Bonchev–Trinajstić information content (AvgIpc) is 2.70. The molecule has 29 heavy (non-hydrogen) atoms. The van der Waals surface area contributed by atoms with Gasteiger partial charge in [-0.05, 0) is 24.3 Å². The number of alkyl halides is 3. The van der Waals surface area contributed by atoms with Crippen molar-refractivity contribution in [3.05, 3.63) is 47.5 Å². The molecule has 0 saturated heterocycles. The van der Waals surface area contributed by atoms with E-state index < -0.39 is 35.9 Å². The van der Waals surface area contributed by atoms with Gasteiger partial charge in [-0.3, -0.25) is 4.79 Å². The van der Waals surface area contributed by atoms with Gasteiger partial charge in [-0.25, -0.2) is 4.79 Å². The van der Waals surface area contributed by atoms with Crippen LogP contribution in [-0.4, -0.2) is 39.8 Å². The van der Waals surface area contributed by atoms with Gasteiger partial charge in [-0.1, -0.05) is 12.1 Å². The van der Waals surface area contributed by atoms with E-state index in [1.54, 1.807) is 0 Å².